The van der Waals surface area contributed by atoms with Gasteiger partial charge in [0.05, 0.1) is 17.3 Å². The van der Waals surface area contributed by atoms with Crippen molar-refractivity contribution in [3.05, 3.63) is 83.6 Å². The van der Waals surface area contributed by atoms with Crippen LogP contribution >= 0.6 is 11.6 Å². The molecule has 0 unspecified atom stereocenters. The van der Waals surface area contributed by atoms with E-state index >= 15 is 0 Å². The van der Waals surface area contributed by atoms with E-state index in [1.54, 1.807) is 12.5 Å². The molecule has 0 saturated heterocycles. The van der Waals surface area contributed by atoms with Crippen molar-refractivity contribution in [2.75, 3.05) is 0 Å². The third-order valence-electron chi connectivity index (χ3n) is 4.38. The van der Waals surface area contributed by atoms with Gasteiger partial charge in [-0.2, -0.15) is 0 Å². The highest BCUT2D eigenvalue weighted by atomic mass is 35.5. The van der Waals surface area contributed by atoms with E-state index in [0.717, 1.165) is 33.6 Å². The van der Waals surface area contributed by atoms with Crippen LogP contribution in [0.15, 0.2) is 69.9 Å². The second-order valence-corrected chi connectivity index (χ2v) is 6.62. The zero-order valence-corrected chi connectivity index (χ0v) is 17.2. The summed E-state index contributed by atoms with van der Waals surface area (Å²) in [4.78, 5) is 8.51. The molecule has 2 aromatic carbocycles. The SMILES string of the molecule is NCc1ccccc1-c1nc(CCl)co1.NCc1coc(-c2ccccc2CN)n1. The van der Waals surface area contributed by atoms with Crippen LogP contribution in [0.5, 0.6) is 0 Å². The number of halogens is 1. The van der Waals surface area contributed by atoms with Crippen molar-refractivity contribution < 1.29 is 8.83 Å². The smallest absolute Gasteiger partial charge is 0.226 e. The van der Waals surface area contributed by atoms with Crippen molar-refractivity contribution in [3.8, 4) is 22.9 Å². The number of hydrogen-bond acceptors (Lipinski definition) is 7. The minimum Gasteiger partial charge on any atom is -0.444 e. The fourth-order valence-electron chi connectivity index (χ4n) is 2.83. The molecule has 7 nitrogen and oxygen atoms in total. The maximum Gasteiger partial charge on any atom is 0.226 e. The van der Waals surface area contributed by atoms with Crippen LogP contribution in [0.2, 0.25) is 0 Å². The standard InChI is InChI=1S/C11H11ClN2O.C11H13N3O/c12-5-9-7-15-11(14-9)10-4-2-1-3-8(10)6-13;12-5-8-3-1-2-4-10(8)11-14-9(6-13)7-15-11/h1-4,7H,5-6,13H2;1-4,7H,5-6,12-13H2. The molecule has 30 heavy (non-hydrogen) atoms. The molecular formula is C22H24ClN5O2. The third-order valence-corrected chi connectivity index (χ3v) is 4.66. The average Bonchev–Trinajstić information content (AvgIpc) is 3.49. The molecule has 2 aromatic heterocycles. The molecule has 0 aliphatic heterocycles. The molecule has 0 saturated carbocycles. The van der Waals surface area contributed by atoms with Gasteiger partial charge >= 0.3 is 0 Å². The van der Waals surface area contributed by atoms with E-state index in [1.165, 1.54) is 0 Å². The van der Waals surface area contributed by atoms with E-state index in [0.29, 0.717) is 37.3 Å². The molecule has 0 amide bonds. The zero-order chi connectivity index (χ0) is 21.3. The van der Waals surface area contributed by atoms with Crippen molar-refractivity contribution in [3.63, 3.8) is 0 Å². The highest BCUT2D eigenvalue weighted by Gasteiger charge is 2.10. The molecule has 4 rings (SSSR count). The molecule has 0 atom stereocenters. The summed E-state index contributed by atoms with van der Waals surface area (Å²) in [7, 11) is 0. The Hall–Kier alpha value is -2.97. The van der Waals surface area contributed by atoms with Crippen LogP contribution in [0.25, 0.3) is 22.9 Å². The van der Waals surface area contributed by atoms with Crippen LogP contribution in [0, 0.1) is 0 Å². The Kier molecular flexibility index (Phi) is 7.75. The number of hydrogen-bond donors (Lipinski definition) is 3. The summed E-state index contributed by atoms with van der Waals surface area (Å²) in [6, 6.07) is 15.5. The molecule has 0 spiro atoms. The van der Waals surface area contributed by atoms with Gasteiger partial charge in [0.15, 0.2) is 0 Å². The van der Waals surface area contributed by atoms with Gasteiger partial charge in [0, 0.05) is 30.8 Å². The molecule has 2 heterocycles. The average molecular weight is 426 g/mol. The molecule has 156 valence electrons. The lowest BCUT2D eigenvalue weighted by atomic mass is 10.1. The van der Waals surface area contributed by atoms with Crippen LogP contribution in [0.1, 0.15) is 22.5 Å². The van der Waals surface area contributed by atoms with Crippen LogP contribution in [0.4, 0.5) is 0 Å². The third kappa shape index (κ3) is 5.14. The largest absolute Gasteiger partial charge is 0.444 e. The Morgan fingerprint density at radius 1 is 0.667 bits per heavy atom. The Morgan fingerprint density at radius 3 is 1.53 bits per heavy atom. The molecule has 0 radical (unpaired) electrons. The van der Waals surface area contributed by atoms with Crippen molar-refractivity contribution in [2.45, 2.75) is 25.5 Å². The lowest BCUT2D eigenvalue weighted by molar-refractivity contribution is 0.571. The van der Waals surface area contributed by atoms with E-state index in [4.69, 9.17) is 37.6 Å². The molecule has 4 aromatic rings. The number of nitrogens with zero attached hydrogens (tertiary/aromatic N) is 2. The first-order valence-corrected chi connectivity index (χ1v) is 9.95. The summed E-state index contributed by atoms with van der Waals surface area (Å²) in [6.07, 6.45) is 3.14. The molecule has 0 aliphatic rings. The van der Waals surface area contributed by atoms with Crippen molar-refractivity contribution in [1.29, 1.82) is 0 Å². The first kappa shape index (κ1) is 21.7. The predicted octanol–water partition coefficient (Wildman–Crippen LogP) is 3.80. The van der Waals surface area contributed by atoms with Crippen molar-refractivity contribution in [1.82, 2.24) is 9.97 Å². The van der Waals surface area contributed by atoms with Gasteiger partial charge in [-0.25, -0.2) is 9.97 Å². The van der Waals surface area contributed by atoms with Gasteiger partial charge in [-0.15, -0.1) is 11.6 Å². The van der Waals surface area contributed by atoms with Gasteiger partial charge in [-0.1, -0.05) is 36.4 Å². The lowest BCUT2D eigenvalue weighted by Gasteiger charge is -2.02. The number of alkyl halides is 1. The van der Waals surface area contributed by atoms with Gasteiger partial charge in [0.2, 0.25) is 11.8 Å². The minimum atomic E-state index is 0.355. The van der Waals surface area contributed by atoms with Crippen LogP contribution in [-0.4, -0.2) is 9.97 Å². The monoisotopic (exact) mass is 425 g/mol. The highest BCUT2D eigenvalue weighted by Crippen LogP contribution is 2.23. The second-order valence-electron chi connectivity index (χ2n) is 6.35. The fourth-order valence-corrected chi connectivity index (χ4v) is 2.95. The second kappa shape index (κ2) is 10.7. The Morgan fingerprint density at radius 2 is 1.13 bits per heavy atom. The number of aromatic nitrogens is 2. The quantitative estimate of drug-likeness (QED) is 0.400. The summed E-state index contributed by atoms with van der Waals surface area (Å²) in [5.74, 6) is 1.51. The maximum absolute atomic E-state index is 5.65. The highest BCUT2D eigenvalue weighted by molar-refractivity contribution is 6.16. The molecule has 6 N–H and O–H groups in total. The number of oxazole rings is 2. The summed E-state index contributed by atoms with van der Waals surface area (Å²) >= 11 is 5.65. The topological polar surface area (TPSA) is 130 Å². The predicted molar refractivity (Wildman–Crippen MR) is 117 cm³/mol. The first-order chi connectivity index (χ1) is 14.7. The van der Waals surface area contributed by atoms with E-state index in [1.807, 2.05) is 48.5 Å². The van der Waals surface area contributed by atoms with E-state index < -0.39 is 0 Å². The van der Waals surface area contributed by atoms with E-state index in [2.05, 4.69) is 9.97 Å². The van der Waals surface area contributed by atoms with Gasteiger partial charge in [-0.05, 0) is 23.3 Å². The van der Waals surface area contributed by atoms with Crippen LogP contribution in [-0.2, 0) is 25.5 Å². The molecular weight excluding hydrogens is 402 g/mol. The van der Waals surface area contributed by atoms with Gasteiger partial charge < -0.3 is 26.0 Å². The van der Waals surface area contributed by atoms with E-state index in [9.17, 15) is 0 Å². The molecule has 8 heteroatoms. The molecule has 0 fully saturated rings. The minimum absolute atomic E-state index is 0.355. The number of nitrogens with two attached hydrogens (primary N) is 3. The summed E-state index contributed by atoms with van der Waals surface area (Å²) < 4.78 is 10.7. The Bertz CT molecular complexity index is 991. The summed E-state index contributed by atoms with van der Waals surface area (Å²) in [5.41, 5.74) is 22.1. The normalized spacial score (nSPS) is 10.5. The lowest BCUT2D eigenvalue weighted by Crippen LogP contribution is -1.99. The summed E-state index contributed by atoms with van der Waals surface area (Å²) in [5, 5.41) is 0. The molecule has 0 bridgehead atoms. The Labute approximate surface area is 179 Å². The molecule has 0 aliphatic carbocycles. The van der Waals surface area contributed by atoms with Crippen molar-refractivity contribution in [2.24, 2.45) is 17.2 Å². The Balaban J connectivity index is 0.000000171. The number of rotatable bonds is 6. The first-order valence-electron chi connectivity index (χ1n) is 9.41. The van der Waals surface area contributed by atoms with Gasteiger partial charge in [0.1, 0.15) is 12.5 Å². The van der Waals surface area contributed by atoms with Gasteiger partial charge in [-0.3, -0.25) is 0 Å². The summed E-state index contributed by atoms with van der Waals surface area (Å²) in [6.45, 7) is 1.32. The van der Waals surface area contributed by atoms with E-state index in [-0.39, 0.29) is 0 Å². The zero-order valence-electron chi connectivity index (χ0n) is 16.4. The van der Waals surface area contributed by atoms with Crippen LogP contribution < -0.4 is 17.2 Å². The number of benzene rings is 2. The van der Waals surface area contributed by atoms with Gasteiger partial charge in [0.25, 0.3) is 0 Å². The fraction of sp³-hybridized carbons (Fsp3) is 0.182. The van der Waals surface area contributed by atoms with Crippen molar-refractivity contribution >= 4 is 11.6 Å². The maximum atomic E-state index is 5.65. The van der Waals surface area contributed by atoms with Crippen LogP contribution in [0.3, 0.4) is 0 Å².